The Labute approximate surface area is 129 Å². The molecule has 0 aliphatic heterocycles. The zero-order chi connectivity index (χ0) is 16.9. The van der Waals surface area contributed by atoms with E-state index in [-0.39, 0.29) is 17.0 Å². The van der Waals surface area contributed by atoms with Gasteiger partial charge in [0.05, 0.1) is 4.90 Å². The van der Waals surface area contributed by atoms with Crippen molar-refractivity contribution in [1.29, 1.82) is 0 Å². The number of amides is 1. The highest BCUT2D eigenvalue weighted by molar-refractivity contribution is 7.89. The van der Waals surface area contributed by atoms with Gasteiger partial charge in [-0.3, -0.25) is 4.79 Å². The van der Waals surface area contributed by atoms with Crippen molar-refractivity contribution in [3.63, 3.8) is 0 Å². The van der Waals surface area contributed by atoms with Gasteiger partial charge in [-0.25, -0.2) is 17.9 Å². The van der Waals surface area contributed by atoms with Crippen molar-refractivity contribution >= 4 is 21.9 Å². The summed E-state index contributed by atoms with van der Waals surface area (Å²) < 4.78 is 26.3. The topological polar surface area (TPSA) is 104 Å². The molecule has 120 valence electrons. The average Bonchev–Trinajstić information content (AvgIpc) is 2.50. The summed E-state index contributed by atoms with van der Waals surface area (Å²) in [5.74, 6) is -1.72. The second kappa shape index (κ2) is 7.19. The first-order valence-corrected chi connectivity index (χ1v) is 7.89. The van der Waals surface area contributed by atoms with Gasteiger partial charge < -0.3 is 10.0 Å². The van der Waals surface area contributed by atoms with E-state index in [0.29, 0.717) is 0 Å². The van der Waals surface area contributed by atoms with Gasteiger partial charge in [0.1, 0.15) is 6.04 Å². The van der Waals surface area contributed by atoms with Crippen molar-refractivity contribution in [2.75, 3.05) is 13.6 Å². The van der Waals surface area contributed by atoms with Crippen molar-refractivity contribution in [2.45, 2.75) is 17.9 Å². The number of benzene rings is 1. The Morgan fingerprint density at radius 2 is 2.09 bits per heavy atom. The first-order valence-electron chi connectivity index (χ1n) is 6.41. The van der Waals surface area contributed by atoms with Crippen LogP contribution in [0.5, 0.6) is 0 Å². The molecular weight excluding hydrogens is 308 g/mol. The molecule has 1 aromatic carbocycles. The second-order valence-corrected chi connectivity index (χ2v) is 6.37. The Morgan fingerprint density at radius 1 is 1.45 bits per heavy atom. The maximum absolute atomic E-state index is 12.2. The van der Waals surface area contributed by atoms with Crippen LogP contribution in [0, 0.1) is 0 Å². The molecule has 0 aliphatic rings. The molecule has 0 spiro atoms. The quantitative estimate of drug-likeness (QED) is 0.718. The molecule has 0 heterocycles. The number of likely N-dealkylation sites (N-methyl/N-ethyl adjacent to an activating group) is 1. The first kappa shape index (κ1) is 17.9. The Bertz CT molecular complexity index is 684. The number of aliphatic carboxylic acids is 1. The maximum atomic E-state index is 12.2. The Balaban J connectivity index is 3.09. The first-order chi connectivity index (χ1) is 10.2. The van der Waals surface area contributed by atoms with E-state index in [2.05, 4.69) is 11.3 Å². The molecule has 0 aromatic heterocycles. The minimum Gasteiger partial charge on any atom is -0.480 e. The van der Waals surface area contributed by atoms with E-state index in [1.165, 1.54) is 44.3 Å². The van der Waals surface area contributed by atoms with Crippen molar-refractivity contribution in [3.8, 4) is 0 Å². The molecule has 0 saturated carbocycles. The van der Waals surface area contributed by atoms with Crippen molar-refractivity contribution < 1.29 is 23.1 Å². The number of nitrogens with zero attached hydrogens (tertiary/aromatic N) is 1. The average molecular weight is 326 g/mol. The third-order valence-corrected chi connectivity index (χ3v) is 4.49. The number of rotatable bonds is 7. The van der Waals surface area contributed by atoms with Crippen LogP contribution in [0.4, 0.5) is 0 Å². The van der Waals surface area contributed by atoms with Gasteiger partial charge in [-0.15, -0.1) is 6.58 Å². The summed E-state index contributed by atoms with van der Waals surface area (Å²) in [6.07, 6.45) is 1.40. The predicted molar refractivity (Wildman–Crippen MR) is 81.0 cm³/mol. The molecule has 1 amide bonds. The van der Waals surface area contributed by atoms with Gasteiger partial charge in [0, 0.05) is 19.2 Å². The minimum absolute atomic E-state index is 0.0659. The van der Waals surface area contributed by atoms with Crippen LogP contribution in [0.3, 0.4) is 0 Å². The van der Waals surface area contributed by atoms with Gasteiger partial charge in [-0.05, 0) is 25.1 Å². The van der Waals surface area contributed by atoms with Crippen LogP contribution < -0.4 is 4.72 Å². The molecule has 1 unspecified atom stereocenters. The van der Waals surface area contributed by atoms with Gasteiger partial charge >= 0.3 is 5.97 Å². The summed E-state index contributed by atoms with van der Waals surface area (Å²) >= 11 is 0. The van der Waals surface area contributed by atoms with E-state index < -0.39 is 27.9 Å². The fourth-order valence-corrected chi connectivity index (χ4v) is 2.64. The lowest BCUT2D eigenvalue weighted by Gasteiger charge is -2.21. The highest BCUT2D eigenvalue weighted by Crippen LogP contribution is 2.14. The summed E-state index contributed by atoms with van der Waals surface area (Å²) in [6.45, 7) is 4.85. The minimum atomic E-state index is -3.75. The highest BCUT2D eigenvalue weighted by atomic mass is 32.2. The van der Waals surface area contributed by atoms with Gasteiger partial charge in [-0.2, -0.15) is 0 Å². The maximum Gasteiger partial charge on any atom is 0.326 e. The van der Waals surface area contributed by atoms with Gasteiger partial charge in [0.2, 0.25) is 10.0 Å². The Hall–Kier alpha value is -2.19. The van der Waals surface area contributed by atoms with Crippen LogP contribution in [0.2, 0.25) is 0 Å². The molecule has 8 heteroatoms. The van der Waals surface area contributed by atoms with E-state index in [0.717, 1.165) is 4.90 Å². The summed E-state index contributed by atoms with van der Waals surface area (Å²) in [6, 6.07) is 4.39. The van der Waals surface area contributed by atoms with Crippen LogP contribution in [-0.4, -0.2) is 49.9 Å². The number of hydrogen-bond acceptors (Lipinski definition) is 4. The van der Waals surface area contributed by atoms with Crippen molar-refractivity contribution in [3.05, 3.63) is 42.5 Å². The van der Waals surface area contributed by atoms with Crippen molar-refractivity contribution in [2.24, 2.45) is 0 Å². The number of carbonyl (C=O) groups excluding carboxylic acids is 1. The predicted octanol–water partition coefficient (Wildman–Crippen LogP) is 0.696. The fourth-order valence-electron chi connectivity index (χ4n) is 1.59. The fraction of sp³-hybridized carbons (Fsp3) is 0.286. The number of nitrogens with one attached hydrogen (secondary N) is 1. The van der Waals surface area contributed by atoms with E-state index in [9.17, 15) is 18.0 Å². The number of hydrogen-bond donors (Lipinski definition) is 2. The number of sulfonamides is 1. The molecule has 1 rings (SSSR count). The Morgan fingerprint density at radius 3 is 2.64 bits per heavy atom. The smallest absolute Gasteiger partial charge is 0.326 e. The second-order valence-electron chi connectivity index (χ2n) is 4.60. The summed E-state index contributed by atoms with van der Waals surface area (Å²) in [4.78, 5) is 24.1. The molecule has 7 nitrogen and oxygen atoms in total. The van der Waals surface area contributed by atoms with E-state index in [1.807, 2.05) is 0 Å². The lowest BCUT2D eigenvalue weighted by atomic mass is 10.2. The summed E-state index contributed by atoms with van der Waals surface area (Å²) in [5.41, 5.74) is 0.0945. The van der Waals surface area contributed by atoms with E-state index in [4.69, 9.17) is 5.11 Å². The van der Waals surface area contributed by atoms with E-state index in [1.54, 1.807) is 0 Å². The molecule has 0 bridgehead atoms. The molecule has 0 aliphatic carbocycles. The Kier molecular flexibility index (Phi) is 5.84. The zero-order valence-electron chi connectivity index (χ0n) is 12.3. The van der Waals surface area contributed by atoms with Crippen LogP contribution in [-0.2, 0) is 14.8 Å². The monoisotopic (exact) mass is 326 g/mol. The molecule has 1 aromatic rings. The van der Waals surface area contributed by atoms with Gasteiger partial charge in [0.25, 0.3) is 5.91 Å². The number of carboxylic acids is 1. The molecule has 0 radical (unpaired) electrons. The van der Waals surface area contributed by atoms with Crippen LogP contribution in [0.1, 0.15) is 17.3 Å². The van der Waals surface area contributed by atoms with Crippen LogP contribution in [0.25, 0.3) is 0 Å². The van der Waals surface area contributed by atoms with Gasteiger partial charge in [0.15, 0.2) is 0 Å². The molecule has 0 fully saturated rings. The van der Waals surface area contributed by atoms with Crippen LogP contribution >= 0.6 is 0 Å². The normalized spacial score (nSPS) is 12.5. The highest BCUT2D eigenvalue weighted by Gasteiger charge is 2.24. The molecule has 2 N–H and O–H groups in total. The zero-order valence-corrected chi connectivity index (χ0v) is 13.1. The molecule has 22 heavy (non-hydrogen) atoms. The largest absolute Gasteiger partial charge is 0.480 e. The van der Waals surface area contributed by atoms with Gasteiger partial charge in [-0.1, -0.05) is 12.1 Å². The lowest BCUT2D eigenvalue weighted by molar-refractivity contribution is -0.141. The number of carbonyl (C=O) groups is 2. The standard InChI is InChI=1S/C14H18N2O5S/c1-4-8-15-22(20,21)12-7-5-6-11(9-12)13(17)16(3)10(2)14(18)19/h4-7,9-10,15H,1,8H2,2-3H3,(H,18,19). The van der Waals surface area contributed by atoms with Crippen LogP contribution in [0.15, 0.2) is 41.8 Å². The van der Waals surface area contributed by atoms with Crippen molar-refractivity contribution in [1.82, 2.24) is 9.62 Å². The molecular formula is C14H18N2O5S. The SMILES string of the molecule is C=CCNS(=O)(=O)c1cccc(C(=O)N(C)C(C)C(=O)O)c1. The van der Waals surface area contributed by atoms with E-state index >= 15 is 0 Å². The summed E-state index contributed by atoms with van der Waals surface area (Å²) in [7, 11) is -2.40. The third-order valence-electron chi connectivity index (χ3n) is 3.07. The molecule has 0 saturated heterocycles. The lowest BCUT2D eigenvalue weighted by Crippen LogP contribution is -2.40. The third kappa shape index (κ3) is 4.15. The number of carboxylic acid groups (broad SMARTS) is 1. The molecule has 1 atom stereocenters. The summed E-state index contributed by atoms with van der Waals surface area (Å²) in [5, 5.41) is 8.92.